The maximum Gasteiger partial charge on any atom is 0.254 e. The van der Waals surface area contributed by atoms with Crippen LogP contribution in [0.4, 0.5) is 10.1 Å². The molecule has 4 nitrogen and oxygen atoms in total. The van der Waals surface area contributed by atoms with E-state index in [-0.39, 0.29) is 18.0 Å². The van der Waals surface area contributed by atoms with Gasteiger partial charge in [0.1, 0.15) is 5.82 Å². The molecule has 2 N–H and O–H groups in total. The molecule has 2 rings (SSSR count). The Hall–Kier alpha value is -2.69. The van der Waals surface area contributed by atoms with Crippen molar-refractivity contribution in [2.24, 2.45) is 0 Å². The number of rotatable bonds is 6. The Morgan fingerprint density at radius 3 is 2.39 bits per heavy atom. The third-order valence-corrected chi connectivity index (χ3v) is 3.30. The Balaban J connectivity index is 1.85. The molecule has 0 saturated carbocycles. The molecule has 0 heterocycles. The highest BCUT2D eigenvalue weighted by molar-refractivity contribution is 5.99. The zero-order chi connectivity index (χ0) is 16.7. The molecule has 0 fully saturated rings. The number of halogens is 1. The number of aryl methyl sites for hydroxylation is 1. The van der Waals surface area contributed by atoms with Gasteiger partial charge in [-0.15, -0.1) is 0 Å². The molecule has 0 unspecified atom stereocenters. The highest BCUT2D eigenvalue weighted by atomic mass is 19.1. The van der Waals surface area contributed by atoms with Crippen molar-refractivity contribution in [2.45, 2.75) is 19.8 Å². The Morgan fingerprint density at radius 1 is 1.04 bits per heavy atom. The lowest BCUT2D eigenvalue weighted by Gasteiger charge is -2.08. The molecule has 120 valence electrons. The van der Waals surface area contributed by atoms with Gasteiger partial charge in [0.25, 0.3) is 5.91 Å². The summed E-state index contributed by atoms with van der Waals surface area (Å²) < 4.78 is 13.5. The van der Waals surface area contributed by atoms with E-state index in [1.54, 1.807) is 6.07 Å². The standard InChI is InChI=1S/C18H19FN2O2/c1-2-5-13-8-10-14(11-9-13)21-17(22)12-20-18(23)15-6-3-4-7-16(15)19/h3-4,6-11H,2,5,12H2,1H3,(H,20,23)(H,21,22). The van der Waals surface area contributed by atoms with Crippen molar-refractivity contribution >= 4 is 17.5 Å². The monoisotopic (exact) mass is 314 g/mol. The molecule has 0 atom stereocenters. The topological polar surface area (TPSA) is 58.2 Å². The first kappa shape index (κ1) is 16.7. The lowest BCUT2D eigenvalue weighted by atomic mass is 10.1. The number of benzene rings is 2. The summed E-state index contributed by atoms with van der Waals surface area (Å²) >= 11 is 0. The predicted molar refractivity (Wildman–Crippen MR) is 87.8 cm³/mol. The van der Waals surface area contributed by atoms with E-state index >= 15 is 0 Å². The predicted octanol–water partition coefficient (Wildman–Crippen LogP) is 3.15. The highest BCUT2D eigenvalue weighted by Crippen LogP contribution is 2.11. The van der Waals surface area contributed by atoms with Gasteiger partial charge in [0.15, 0.2) is 0 Å². The zero-order valence-corrected chi connectivity index (χ0v) is 12.9. The third kappa shape index (κ3) is 4.92. The number of carbonyl (C=O) groups is 2. The minimum absolute atomic E-state index is 0.0794. The second-order valence-electron chi connectivity index (χ2n) is 5.16. The minimum atomic E-state index is -0.614. The maximum atomic E-state index is 13.5. The molecule has 0 aromatic heterocycles. The lowest BCUT2D eigenvalue weighted by Crippen LogP contribution is -2.33. The van der Waals surface area contributed by atoms with E-state index in [0.29, 0.717) is 5.69 Å². The normalized spacial score (nSPS) is 10.2. The van der Waals surface area contributed by atoms with Gasteiger partial charge in [0.05, 0.1) is 12.1 Å². The van der Waals surface area contributed by atoms with Crippen molar-refractivity contribution in [3.05, 3.63) is 65.5 Å². The van der Waals surface area contributed by atoms with E-state index in [1.165, 1.54) is 23.8 Å². The van der Waals surface area contributed by atoms with Crippen LogP contribution in [0.15, 0.2) is 48.5 Å². The van der Waals surface area contributed by atoms with Gasteiger partial charge < -0.3 is 10.6 Å². The first-order chi connectivity index (χ1) is 11.1. The number of anilines is 1. The fraction of sp³-hybridized carbons (Fsp3) is 0.222. The maximum absolute atomic E-state index is 13.5. The SMILES string of the molecule is CCCc1ccc(NC(=O)CNC(=O)c2ccccc2F)cc1. The van der Waals surface area contributed by atoms with Crippen molar-refractivity contribution in [3.8, 4) is 0 Å². The number of nitrogens with one attached hydrogen (secondary N) is 2. The van der Waals surface area contributed by atoms with Crippen molar-refractivity contribution in [2.75, 3.05) is 11.9 Å². The summed E-state index contributed by atoms with van der Waals surface area (Å²) in [6.45, 7) is 1.89. The second-order valence-corrected chi connectivity index (χ2v) is 5.16. The van der Waals surface area contributed by atoms with Gasteiger partial charge in [-0.1, -0.05) is 37.6 Å². The molecule has 2 aromatic rings. The Morgan fingerprint density at radius 2 is 1.74 bits per heavy atom. The van der Waals surface area contributed by atoms with Crippen LogP contribution in [-0.4, -0.2) is 18.4 Å². The van der Waals surface area contributed by atoms with E-state index in [0.717, 1.165) is 12.8 Å². The van der Waals surface area contributed by atoms with Gasteiger partial charge in [-0.05, 0) is 36.2 Å². The average Bonchev–Trinajstić information content (AvgIpc) is 2.55. The number of hydrogen-bond donors (Lipinski definition) is 2. The molecule has 2 aromatic carbocycles. The zero-order valence-electron chi connectivity index (χ0n) is 12.9. The molecule has 0 spiro atoms. The van der Waals surface area contributed by atoms with Gasteiger partial charge in [0, 0.05) is 5.69 Å². The molecule has 23 heavy (non-hydrogen) atoms. The molecule has 0 aliphatic heterocycles. The molecule has 2 amide bonds. The van der Waals surface area contributed by atoms with Crippen molar-refractivity contribution < 1.29 is 14.0 Å². The van der Waals surface area contributed by atoms with Crippen molar-refractivity contribution in [1.82, 2.24) is 5.32 Å². The average molecular weight is 314 g/mol. The van der Waals surface area contributed by atoms with E-state index in [2.05, 4.69) is 17.6 Å². The number of amides is 2. The van der Waals surface area contributed by atoms with Crippen LogP contribution in [0.5, 0.6) is 0 Å². The van der Waals surface area contributed by atoms with Crippen LogP contribution < -0.4 is 10.6 Å². The molecule has 0 radical (unpaired) electrons. The van der Waals surface area contributed by atoms with Gasteiger partial charge >= 0.3 is 0 Å². The molecule has 5 heteroatoms. The summed E-state index contributed by atoms with van der Waals surface area (Å²) in [6.07, 6.45) is 2.06. The fourth-order valence-corrected chi connectivity index (χ4v) is 2.15. The van der Waals surface area contributed by atoms with Gasteiger partial charge in [-0.25, -0.2) is 4.39 Å². The summed E-state index contributed by atoms with van der Waals surface area (Å²) in [5.41, 5.74) is 1.79. The van der Waals surface area contributed by atoms with Crippen LogP contribution in [0.2, 0.25) is 0 Å². The Labute approximate surface area is 134 Å². The molecular weight excluding hydrogens is 295 g/mol. The largest absolute Gasteiger partial charge is 0.343 e. The van der Waals surface area contributed by atoms with Crippen LogP contribution in [0.25, 0.3) is 0 Å². The van der Waals surface area contributed by atoms with E-state index < -0.39 is 11.7 Å². The van der Waals surface area contributed by atoms with E-state index in [1.807, 2.05) is 24.3 Å². The Kier molecular flexibility index (Phi) is 5.86. The van der Waals surface area contributed by atoms with Crippen LogP contribution in [0.1, 0.15) is 29.3 Å². The molecule has 0 aliphatic rings. The highest BCUT2D eigenvalue weighted by Gasteiger charge is 2.12. The number of hydrogen-bond acceptors (Lipinski definition) is 2. The molecule has 0 aliphatic carbocycles. The summed E-state index contributed by atoms with van der Waals surface area (Å²) in [6, 6.07) is 13.2. The lowest BCUT2D eigenvalue weighted by molar-refractivity contribution is -0.115. The second kappa shape index (κ2) is 8.08. The summed E-state index contributed by atoms with van der Waals surface area (Å²) in [7, 11) is 0. The molecule has 0 bridgehead atoms. The van der Waals surface area contributed by atoms with Crippen molar-refractivity contribution in [1.29, 1.82) is 0 Å². The quantitative estimate of drug-likeness (QED) is 0.860. The minimum Gasteiger partial charge on any atom is -0.343 e. The first-order valence-corrected chi connectivity index (χ1v) is 7.51. The third-order valence-electron chi connectivity index (χ3n) is 3.30. The van der Waals surface area contributed by atoms with Crippen LogP contribution >= 0.6 is 0 Å². The van der Waals surface area contributed by atoms with Gasteiger partial charge in [-0.3, -0.25) is 9.59 Å². The first-order valence-electron chi connectivity index (χ1n) is 7.51. The van der Waals surface area contributed by atoms with Gasteiger partial charge in [-0.2, -0.15) is 0 Å². The molecule has 0 saturated heterocycles. The smallest absolute Gasteiger partial charge is 0.254 e. The summed E-state index contributed by atoms with van der Waals surface area (Å²) in [4.78, 5) is 23.6. The summed E-state index contributed by atoms with van der Waals surface area (Å²) in [5, 5.41) is 5.09. The number of carbonyl (C=O) groups excluding carboxylic acids is 2. The Bertz CT molecular complexity index is 684. The van der Waals surface area contributed by atoms with Crippen LogP contribution in [0.3, 0.4) is 0 Å². The van der Waals surface area contributed by atoms with Crippen molar-refractivity contribution in [3.63, 3.8) is 0 Å². The van der Waals surface area contributed by atoms with E-state index in [4.69, 9.17) is 0 Å². The van der Waals surface area contributed by atoms with E-state index in [9.17, 15) is 14.0 Å². The summed E-state index contributed by atoms with van der Waals surface area (Å²) in [5.74, 6) is -1.59. The molecular formula is C18H19FN2O2. The van der Waals surface area contributed by atoms with Crippen LogP contribution in [-0.2, 0) is 11.2 Å². The van der Waals surface area contributed by atoms with Crippen LogP contribution in [0, 0.1) is 5.82 Å². The fourth-order valence-electron chi connectivity index (χ4n) is 2.15. The van der Waals surface area contributed by atoms with Gasteiger partial charge in [0.2, 0.25) is 5.91 Å².